The Morgan fingerprint density at radius 3 is 2.32 bits per heavy atom. The van der Waals surface area contributed by atoms with Crippen LogP contribution in [-0.4, -0.2) is 46.4 Å². The van der Waals surface area contributed by atoms with Gasteiger partial charge in [-0.25, -0.2) is 8.96 Å². The SMILES string of the molecule is O=C(NC(CF)C(OP(=O)(O)O)c1ccc(-c2ccc(C3CCN3)nc2)cc1)C(F)F. The lowest BCUT2D eigenvalue weighted by molar-refractivity contribution is -0.133. The van der Waals surface area contributed by atoms with E-state index >= 15 is 0 Å². The quantitative estimate of drug-likeness (QED) is 0.426. The third-order valence-corrected chi connectivity index (χ3v) is 5.35. The molecule has 1 saturated heterocycles. The average Bonchev–Trinajstić information content (AvgIpc) is 2.69. The standard InChI is InChI=1S/C19H21F3N3O5P/c20-9-16(25-19(26)18(21)22)17(30-31(27,28)29)12-3-1-11(2-4-12)13-5-6-14(24-10-13)15-7-8-23-15/h1-6,10,15-18,23H,7-9H2,(H,25,26)(H2,27,28,29). The van der Waals surface area contributed by atoms with Gasteiger partial charge in [-0.3, -0.25) is 14.3 Å². The van der Waals surface area contributed by atoms with Crippen LogP contribution in [0.25, 0.3) is 11.1 Å². The number of phosphoric acid groups is 1. The smallest absolute Gasteiger partial charge is 0.343 e. The van der Waals surface area contributed by atoms with E-state index in [9.17, 15) is 22.5 Å². The summed E-state index contributed by atoms with van der Waals surface area (Å²) in [6.07, 6.45) is -2.41. The van der Waals surface area contributed by atoms with Gasteiger partial charge >= 0.3 is 14.2 Å². The van der Waals surface area contributed by atoms with Crippen molar-refractivity contribution in [2.45, 2.75) is 31.0 Å². The van der Waals surface area contributed by atoms with Crippen molar-refractivity contribution < 1.29 is 36.8 Å². The lowest BCUT2D eigenvalue weighted by atomic mass is 9.98. The second-order valence-electron chi connectivity index (χ2n) is 6.98. The third-order valence-electron chi connectivity index (χ3n) is 4.85. The molecule has 3 atom stereocenters. The third kappa shape index (κ3) is 6.11. The number of pyridine rings is 1. The monoisotopic (exact) mass is 459 g/mol. The Kier molecular flexibility index (Phi) is 7.45. The number of nitrogens with one attached hydrogen (secondary N) is 2. The Labute approximate surface area is 176 Å². The number of phosphoric ester groups is 1. The van der Waals surface area contributed by atoms with Gasteiger partial charge in [0.15, 0.2) is 0 Å². The molecular formula is C19H21F3N3O5P. The molecule has 2 aromatic rings. The molecule has 12 heteroatoms. The minimum atomic E-state index is -5.13. The summed E-state index contributed by atoms with van der Waals surface area (Å²) in [6, 6.07) is 8.27. The number of carbonyl (C=O) groups excluding carboxylic acids is 1. The second-order valence-corrected chi connectivity index (χ2v) is 8.17. The first-order chi connectivity index (χ1) is 14.7. The van der Waals surface area contributed by atoms with Gasteiger partial charge in [-0.2, -0.15) is 8.78 Å². The van der Waals surface area contributed by atoms with E-state index in [1.807, 2.05) is 12.1 Å². The average molecular weight is 459 g/mol. The molecule has 8 nitrogen and oxygen atoms in total. The summed E-state index contributed by atoms with van der Waals surface area (Å²) in [5.74, 6) is -1.77. The van der Waals surface area contributed by atoms with E-state index in [1.54, 1.807) is 23.6 Å². The molecule has 31 heavy (non-hydrogen) atoms. The van der Waals surface area contributed by atoms with Crippen molar-refractivity contribution in [1.29, 1.82) is 0 Å². The van der Waals surface area contributed by atoms with Crippen molar-refractivity contribution in [3.63, 3.8) is 0 Å². The van der Waals surface area contributed by atoms with Gasteiger partial charge in [-0.1, -0.05) is 30.3 Å². The molecule has 1 aromatic carbocycles. The van der Waals surface area contributed by atoms with Crippen LogP contribution in [0.15, 0.2) is 42.6 Å². The highest BCUT2D eigenvalue weighted by Crippen LogP contribution is 2.44. The summed E-state index contributed by atoms with van der Waals surface area (Å²) in [7, 11) is -5.13. The number of carbonyl (C=O) groups is 1. The largest absolute Gasteiger partial charge is 0.470 e. The maximum atomic E-state index is 13.5. The first-order valence-corrected chi connectivity index (χ1v) is 10.9. The number of halogens is 3. The molecule has 1 aliphatic rings. The molecular weight excluding hydrogens is 438 g/mol. The van der Waals surface area contributed by atoms with Gasteiger partial charge in [0.25, 0.3) is 5.91 Å². The van der Waals surface area contributed by atoms with Crippen molar-refractivity contribution in [2.24, 2.45) is 0 Å². The number of alkyl halides is 3. The lowest BCUT2D eigenvalue weighted by Crippen LogP contribution is -2.44. The minimum absolute atomic E-state index is 0.0903. The normalized spacial score (nSPS) is 18.3. The van der Waals surface area contributed by atoms with Gasteiger partial charge in [-0.15, -0.1) is 0 Å². The van der Waals surface area contributed by atoms with Crippen LogP contribution >= 0.6 is 7.82 Å². The van der Waals surface area contributed by atoms with Gasteiger partial charge in [0.1, 0.15) is 12.8 Å². The van der Waals surface area contributed by atoms with E-state index in [4.69, 9.17) is 9.79 Å². The Balaban J connectivity index is 1.82. The van der Waals surface area contributed by atoms with Gasteiger partial charge in [0.2, 0.25) is 0 Å². The molecule has 0 bridgehead atoms. The Morgan fingerprint density at radius 2 is 1.87 bits per heavy atom. The van der Waals surface area contributed by atoms with Crippen LogP contribution in [0.2, 0.25) is 0 Å². The van der Waals surface area contributed by atoms with Gasteiger partial charge < -0.3 is 20.4 Å². The molecule has 2 heterocycles. The maximum Gasteiger partial charge on any atom is 0.470 e. The Bertz CT molecular complexity index is 936. The van der Waals surface area contributed by atoms with E-state index in [0.717, 1.165) is 24.2 Å². The van der Waals surface area contributed by atoms with Gasteiger partial charge in [0, 0.05) is 11.8 Å². The number of benzene rings is 1. The summed E-state index contributed by atoms with van der Waals surface area (Å²) >= 11 is 0. The molecule has 3 rings (SSSR count). The number of aromatic nitrogens is 1. The molecule has 1 aliphatic heterocycles. The van der Waals surface area contributed by atoms with Crippen molar-refractivity contribution in [3.05, 3.63) is 53.9 Å². The van der Waals surface area contributed by atoms with Crippen molar-refractivity contribution in [1.82, 2.24) is 15.6 Å². The highest BCUT2D eigenvalue weighted by Gasteiger charge is 2.33. The fourth-order valence-corrected chi connectivity index (χ4v) is 3.71. The second kappa shape index (κ2) is 9.88. The highest BCUT2D eigenvalue weighted by molar-refractivity contribution is 7.46. The molecule has 168 valence electrons. The molecule has 1 fully saturated rings. The zero-order valence-electron chi connectivity index (χ0n) is 16.1. The summed E-state index contributed by atoms with van der Waals surface area (Å²) < 4.78 is 54.5. The molecule has 0 aliphatic carbocycles. The van der Waals surface area contributed by atoms with Crippen molar-refractivity contribution in [3.8, 4) is 11.1 Å². The Morgan fingerprint density at radius 1 is 1.23 bits per heavy atom. The zero-order valence-corrected chi connectivity index (χ0v) is 17.0. The fourth-order valence-electron chi connectivity index (χ4n) is 3.14. The van der Waals surface area contributed by atoms with Crippen molar-refractivity contribution in [2.75, 3.05) is 13.2 Å². The molecule has 0 radical (unpaired) electrons. The molecule has 3 unspecified atom stereocenters. The number of hydrogen-bond acceptors (Lipinski definition) is 5. The Hall–Kier alpha value is -2.30. The summed E-state index contributed by atoms with van der Waals surface area (Å²) in [6.45, 7) is -0.434. The van der Waals surface area contributed by atoms with Crippen LogP contribution in [0.5, 0.6) is 0 Å². The number of nitrogens with zero attached hydrogens (tertiary/aromatic N) is 1. The maximum absolute atomic E-state index is 13.5. The van der Waals surface area contributed by atoms with Crippen molar-refractivity contribution >= 4 is 13.7 Å². The molecule has 1 aromatic heterocycles. The summed E-state index contributed by atoms with van der Waals surface area (Å²) in [5, 5.41) is 4.96. The molecule has 0 spiro atoms. The van der Waals surface area contributed by atoms with Crippen LogP contribution in [0, 0.1) is 0 Å². The number of amides is 1. The van der Waals surface area contributed by atoms with Crippen LogP contribution in [0.3, 0.4) is 0 Å². The molecule has 4 N–H and O–H groups in total. The van der Waals surface area contributed by atoms with Crippen LogP contribution < -0.4 is 10.6 Å². The summed E-state index contributed by atoms with van der Waals surface area (Å²) in [4.78, 5) is 34.0. The predicted molar refractivity (Wildman–Crippen MR) is 105 cm³/mol. The van der Waals surface area contributed by atoms with E-state index in [0.29, 0.717) is 5.56 Å². The highest BCUT2D eigenvalue weighted by atomic mass is 31.2. The summed E-state index contributed by atoms with van der Waals surface area (Å²) in [5.41, 5.74) is 2.50. The fraction of sp³-hybridized carbons (Fsp3) is 0.368. The van der Waals surface area contributed by atoms with Gasteiger partial charge in [-0.05, 0) is 30.2 Å². The number of rotatable bonds is 9. The first-order valence-electron chi connectivity index (χ1n) is 9.36. The van der Waals surface area contributed by atoms with E-state index in [1.165, 1.54) is 12.1 Å². The van der Waals surface area contributed by atoms with Crippen LogP contribution in [-0.2, 0) is 13.9 Å². The lowest BCUT2D eigenvalue weighted by Gasteiger charge is -2.27. The van der Waals surface area contributed by atoms with Gasteiger partial charge in [0.05, 0.1) is 17.8 Å². The topological polar surface area (TPSA) is 121 Å². The molecule has 0 saturated carbocycles. The van der Waals surface area contributed by atoms with E-state index in [2.05, 4.69) is 14.8 Å². The number of hydrogen-bond donors (Lipinski definition) is 4. The first kappa shape index (κ1) is 23.4. The minimum Gasteiger partial charge on any atom is -0.343 e. The molecule has 1 amide bonds. The predicted octanol–water partition coefficient (Wildman–Crippen LogP) is 2.65. The van der Waals surface area contributed by atoms with E-state index in [-0.39, 0.29) is 11.6 Å². The zero-order chi connectivity index (χ0) is 22.6. The van der Waals surface area contributed by atoms with E-state index < -0.39 is 39.0 Å². The van der Waals surface area contributed by atoms with Crippen LogP contribution in [0.1, 0.15) is 29.8 Å². The van der Waals surface area contributed by atoms with Crippen LogP contribution in [0.4, 0.5) is 13.2 Å².